The van der Waals surface area contributed by atoms with E-state index in [0.29, 0.717) is 0 Å². The fourth-order valence-electron chi connectivity index (χ4n) is 2.81. The molecule has 1 unspecified atom stereocenters. The second-order valence-electron chi connectivity index (χ2n) is 5.58. The molecule has 3 rings (SSSR count). The lowest BCUT2D eigenvalue weighted by atomic mass is 10.0. The molecule has 0 aliphatic heterocycles. The molecule has 3 aromatic rings. The molecule has 1 atom stereocenters. The predicted octanol–water partition coefficient (Wildman–Crippen LogP) is 4.89. The highest BCUT2D eigenvalue weighted by atomic mass is 15.2. The van der Waals surface area contributed by atoms with Crippen LogP contribution in [-0.4, -0.2) is 10.2 Å². The summed E-state index contributed by atoms with van der Waals surface area (Å²) in [6.07, 6.45) is 2.18. The molecule has 1 heterocycles. The first-order valence-electron chi connectivity index (χ1n) is 7.83. The van der Waals surface area contributed by atoms with Gasteiger partial charge in [0, 0.05) is 10.8 Å². The van der Waals surface area contributed by atoms with Gasteiger partial charge in [-0.25, -0.2) is 0 Å². The molecular weight excluding hydrogens is 270 g/mol. The van der Waals surface area contributed by atoms with Crippen LogP contribution >= 0.6 is 0 Å². The maximum Gasteiger partial charge on any atom is 0.157 e. The number of nitrogens with one attached hydrogen (secondary N) is 1. The Morgan fingerprint density at radius 1 is 0.909 bits per heavy atom. The number of anilines is 1. The molecule has 22 heavy (non-hydrogen) atoms. The van der Waals surface area contributed by atoms with Gasteiger partial charge in [0.2, 0.25) is 0 Å². The van der Waals surface area contributed by atoms with Gasteiger partial charge in [0.05, 0.1) is 11.7 Å². The molecule has 0 spiro atoms. The normalized spacial score (nSPS) is 12.3. The molecule has 0 aliphatic carbocycles. The van der Waals surface area contributed by atoms with Crippen molar-refractivity contribution in [1.29, 1.82) is 0 Å². The molecule has 0 bridgehead atoms. The third-order valence-corrected chi connectivity index (χ3v) is 3.96. The molecule has 1 aromatic heterocycles. The quantitative estimate of drug-likeness (QED) is 0.727. The van der Waals surface area contributed by atoms with E-state index in [1.54, 1.807) is 0 Å². The van der Waals surface area contributed by atoms with Gasteiger partial charge in [0.15, 0.2) is 5.82 Å². The van der Waals surface area contributed by atoms with Crippen LogP contribution in [0.5, 0.6) is 0 Å². The first kappa shape index (κ1) is 14.5. The van der Waals surface area contributed by atoms with E-state index in [-0.39, 0.29) is 6.04 Å². The Bertz CT molecular complexity index is 753. The fourth-order valence-corrected chi connectivity index (χ4v) is 2.81. The Morgan fingerprint density at radius 3 is 2.32 bits per heavy atom. The fraction of sp³-hybridized carbons (Fsp3) is 0.263. The zero-order valence-electron chi connectivity index (χ0n) is 13.1. The van der Waals surface area contributed by atoms with Crippen LogP contribution in [0.1, 0.15) is 37.1 Å². The molecule has 1 N–H and O–H groups in total. The molecule has 3 nitrogen and oxygen atoms in total. The van der Waals surface area contributed by atoms with E-state index in [9.17, 15) is 0 Å². The molecule has 0 saturated carbocycles. The average Bonchev–Trinajstić information content (AvgIpc) is 2.58. The van der Waals surface area contributed by atoms with Crippen molar-refractivity contribution in [2.24, 2.45) is 0 Å². The molecule has 2 aromatic carbocycles. The van der Waals surface area contributed by atoms with E-state index in [1.165, 1.54) is 5.56 Å². The molecule has 0 aliphatic rings. The van der Waals surface area contributed by atoms with Gasteiger partial charge in [-0.2, -0.15) is 5.10 Å². The van der Waals surface area contributed by atoms with Crippen molar-refractivity contribution in [3.05, 3.63) is 65.9 Å². The zero-order valence-corrected chi connectivity index (χ0v) is 13.1. The van der Waals surface area contributed by atoms with Crippen LogP contribution in [-0.2, 0) is 0 Å². The van der Waals surface area contributed by atoms with Gasteiger partial charge in [-0.15, -0.1) is 5.10 Å². The van der Waals surface area contributed by atoms with Crippen LogP contribution in [0.4, 0.5) is 5.82 Å². The van der Waals surface area contributed by atoms with Crippen molar-refractivity contribution in [2.45, 2.75) is 32.7 Å². The van der Waals surface area contributed by atoms with Crippen LogP contribution in [0.2, 0.25) is 0 Å². The summed E-state index contributed by atoms with van der Waals surface area (Å²) < 4.78 is 0. The lowest BCUT2D eigenvalue weighted by Gasteiger charge is -2.20. The molecule has 0 fully saturated rings. The first-order chi connectivity index (χ1) is 10.8. The molecule has 112 valence electrons. The SMILES string of the molecule is CCCC(Nc1nnc(C)c2ccccc12)c1ccccc1. The van der Waals surface area contributed by atoms with Crippen molar-refractivity contribution in [1.82, 2.24) is 10.2 Å². The van der Waals surface area contributed by atoms with Gasteiger partial charge < -0.3 is 5.32 Å². The third kappa shape index (κ3) is 2.93. The topological polar surface area (TPSA) is 37.8 Å². The summed E-state index contributed by atoms with van der Waals surface area (Å²) in [5, 5.41) is 14.6. The van der Waals surface area contributed by atoms with E-state index in [4.69, 9.17) is 0 Å². The standard InChI is InChI=1S/C19H21N3/c1-3-9-18(15-10-5-4-6-11-15)20-19-17-13-8-7-12-16(17)14(2)21-22-19/h4-8,10-13,18H,3,9H2,1-2H3,(H,20,22). The number of fused-ring (bicyclic) bond motifs is 1. The third-order valence-electron chi connectivity index (χ3n) is 3.96. The molecular formula is C19H21N3. The summed E-state index contributed by atoms with van der Waals surface area (Å²) in [6, 6.07) is 19.1. The molecule has 0 radical (unpaired) electrons. The van der Waals surface area contributed by atoms with Gasteiger partial charge >= 0.3 is 0 Å². The molecule has 0 amide bonds. The summed E-state index contributed by atoms with van der Waals surface area (Å²) in [6.45, 7) is 4.20. The largest absolute Gasteiger partial charge is 0.361 e. The monoisotopic (exact) mass is 291 g/mol. The van der Waals surface area contributed by atoms with E-state index >= 15 is 0 Å². The lowest BCUT2D eigenvalue weighted by molar-refractivity contribution is 0.673. The Hall–Kier alpha value is -2.42. The smallest absolute Gasteiger partial charge is 0.157 e. The summed E-state index contributed by atoms with van der Waals surface area (Å²) in [5.41, 5.74) is 2.25. The lowest BCUT2D eigenvalue weighted by Crippen LogP contribution is -2.12. The van der Waals surface area contributed by atoms with E-state index < -0.39 is 0 Å². The average molecular weight is 291 g/mol. The Labute approximate surface area is 131 Å². The van der Waals surface area contributed by atoms with E-state index in [2.05, 4.69) is 58.8 Å². The number of nitrogens with zero attached hydrogens (tertiary/aromatic N) is 2. The highest BCUT2D eigenvalue weighted by molar-refractivity contribution is 5.92. The highest BCUT2D eigenvalue weighted by Gasteiger charge is 2.13. The van der Waals surface area contributed by atoms with Crippen molar-refractivity contribution in [3.63, 3.8) is 0 Å². The van der Waals surface area contributed by atoms with Gasteiger partial charge in [-0.05, 0) is 18.9 Å². The second-order valence-corrected chi connectivity index (χ2v) is 5.58. The van der Waals surface area contributed by atoms with Gasteiger partial charge in [0.1, 0.15) is 0 Å². The van der Waals surface area contributed by atoms with Gasteiger partial charge in [-0.3, -0.25) is 0 Å². The minimum absolute atomic E-state index is 0.256. The minimum atomic E-state index is 0.256. The van der Waals surface area contributed by atoms with Crippen LogP contribution in [0, 0.1) is 6.92 Å². The van der Waals surface area contributed by atoms with Gasteiger partial charge in [-0.1, -0.05) is 67.9 Å². The number of aromatic nitrogens is 2. The maximum absolute atomic E-state index is 4.39. The molecule has 0 saturated heterocycles. The zero-order chi connectivity index (χ0) is 15.4. The van der Waals surface area contributed by atoms with Crippen molar-refractivity contribution >= 4 is 16.6 Å². The number of hydrogen-bond donors (Lipinski definition) is 1. The van der Waals surface area contributed by atoms with E-state index in [1.807, 2.05) is 25.1 Å². The Balaban J connectivity index is 1.98. The maximum atomic E-state index is 4.39. The number of aryl methyl sites for hydroxylation is 1. The Morgan fingerprint density at radius 2 is 1.59 bits per heavy atom. The van der Waals surface area contributed by atoms with Crippen LogP contribution in [0.25, 0.3) is 10.8 Å². The summed E-state index contributed by atoms with van der Waals surface area (Å²) >= 11 is 0. The van der Waals surface area contributed by atoms with Crippen LogP contribution in [0.15, 0.2) is 54.6 Å². The van der Waals surface area contributed by atoms with Crippen molar-refractivity contribution in [3.8, 4) is 0 Å². The summed E-state index contributed by atoms with van der Waals surface area (Å²) in [5.74, 6) is 0.864. The predicted molar refractivity (Wildman–Crippen MR) is 92.0 cm³/mol. The Kier molecular flexibility index (Phi) is 4.33. The number of benzene rings is 2. The highest BCUT2D eigenvalue weighted by Crippen LogP contribution is 2.28. The summed E-state index contributed by atoms with van der Waals surface area (Å²) in [7, 11) is 0. The van der Waals surface area contributed by atoms with Gasteiger partial charge in [0.25, 0.3) is 0 Å². The van der Waals surface area contributed by atoms with Crippen LogP contribution < -0.4 is 5.32 Å². The number of rotatable bonds is 5. The van der Waals surface area contributed by atoms with E-state index in [0.717, 1.165) is 35.1 Å². The van der Waals surface area contributed by atoms with Crippen LogP contribution in [0.3, 0.4) is 0 Å². The second kappa shape index (κ2) is 6.56. The van der Waals surface area contributed by atoms with Crippen molar-refractivity contribution in [2.75, 3.05) is 5.32 Å². The minimum Gasteiger partial charge on any atom is -0.361 e. The first-order valence-corrected chi connectivity index (χ1v) is 7.83. The molecule has 3 heteroatoms. The van der Waals surface area contributed by atoms with Crippen molar-refractivity contribution < 1.29 is 0 Å². The summed E-state index contributed by atoms with van der Waals surface area (Å²) in [4.78, 5) is 0. The number of hydrogen-bond acceptors (Lipinski definition) is 3.